The van der Waals surface area contributed by atoms with Crippen molar-refractivity contribution >= 4 is 17.3 Å². The van der Waals surface area contributed by atoms with Crippen molar-refractivity contribution in [1.29, 1.82) is 0 Å². The molecule has 3 rings (SSSR count). The summed E-state index contributed by atoms with van der Waals surface area (Å²) in [5.41, 5.74) is 1.10. The number of hydrogen-bond acceptors (Lipinski definition) is 4. The van der Waals surface area contributed by atoms with Gasteiger partial charge in [0.05, 0.1) is 11.6 Å². The average Bonchev–Trinajstić information content (AvgIpc) is 2.89. The van der Waals surface area contributed by atoms with Crippen LogP contribution in [0.25, 0.3) is 10.6 Å². The van der Waals surface area contributed by atoms with Gasteiger partial charge in [-0.3, -0.25) is 4.99 Å². The Balaban J connectivity index is 1.93. The zero-order chi connectivity index (χ0) is 15.5. The fourth-order valence-electron chi connectivity index (χ4n) is 2.73. The van der Waals surface area contributed by atoms with Crippen LogP contribution in [0.2, 0.25) is 0 Å². The average molecular weight is 317 g/mol. The first-order chi connectivity index (χ1) is 10.6. The predicted molar refractivity (Wildman–Crippen MR) is 85.9 cm³/mol. The fraction of sp³-hybridized carbons (Fsp3) is 0.438. The van der Waals surface area contributed by atoms with Gasteiger partial charge in [0.2, 0.25) is 4.80 Å². The van der Waals surface area contributed by atoms with Crippen LogP contribution in [-0.2, 0) is 7.05 Å². The van der Waals surface area contributed by atoms with E-state index in [0.29, 0.717) is 6.04 Å². The van der Waals surface area contributed by atoms with E-state index in [2.05, 4.69) is 5.10 Å². The summed E-state index contributed by atoms with van der Waals surface area (Å²) in [4.78, 5) is 16.8. The minimum Gasteiger partial charge on any atom is -0.478 e. The Morgan fingerprint density at radius 2 is 2.14 bits per heavy atom. The van der Waals surface area contributed by atoms with Crippen LogP contribution in [0.1, 0.15) is 42.5 Å². The third-order valence-electron chi connectivity index (χ3n) is 3.93. The first-order valence-electron chi connectivity index (χ1n) is 7.55. The summed E-state index contributed by atoms with van der Waals surface area (Å²) < 4.78 is 1.79. The Hall–Kier alpha value is -1.95. The van der Waals surface area contributed by atoms with E-state index < -0.39 is 5.97 Å². The highest BCUT2D eigenvalue weighted by atomic mass is 32.1. The second-order valence-electron chi connectivity index (χ2n) is 5.62. The van der Waals surface area contributed by atoms with Gasteiger partial charge in [-0.25, -0.2) is 9.48 Å². The van der Waals surface area contributed by atoms with Crippen molar-refractivity contribution in [1.82, 2.24) is 9.78 Å². The highest BCUT2D eigenvalue weighted by molar-refractivity contribution is 7.12. The van der Waals surface area contributed by atoms with Crippen molar-refractivity contribution in [3.63, 3.8) is 0 Å². The van der Waals surface area contributed by atoms with Crippen molar-refractivity contribution in [3.05, 3.63) is 34.6 Å². The Bertz CT molecular complexity index is 742. The summed E-state index contributed by atoms with van der Waals surface area (Å²) in [6.07, 6.45) is 6.13. The zero-order valence-electron chi connectivity index (χ0n) is 12.5. The number of carboxylic acids is 1. The number of benzene rings is 1. The highest BCUT2D eigenvalue weighted by Gasteiger charge is 2.13. The molecule has 0 atom stereocenters. The molecule has 1 fully saturated rings. The molecule has 0 radical (unpaired) electrons. The molecule has 0 saturated heterocycles. The highest BCUT2D eigenvalue weighted by Crippen LogP contribution is 2.22. The molecular formula is C16H19N3O2S. The molecule has 0 spiro atoms. The van der Waals surface area contributed by atoms with Crippen LogP contribution in [0.3, 0.4) is 0 Å². The van der Waals surface area contributed by atoms with Gasteiger partial charge in [0.15, 0.2) is 0 Å². The quantitative estimate of drug-likeness (QED) is 0.946. The number of hydrogen-bond donors (Lipinski definition) is 1. The Morgan fingerprint density at radius 1 is 1.36 bits per heavy atom. The second kappa shape index (κ2) is 6.44. The number of aromatic nitrogens is 2. The third kappa shape index (κ3) is 3.27. The topological polar surface area (TPSA) is 67.5 Å². The molecular weight excluding hydrogens is 298 g/mol. The van der Waals surface area contributed by atoms with Crippen LogP contribution in [0.15, 0.2) is 29.3 Å². The first kappa shape index (κ1) is 15.0. The minimum atomic E-state index is -0.921. The van der Waals surface area contributed by atoms with Crippen LogP contribution in [-0.4, -0.2) is 26.9 Å². The monoisotopic (exact) mass is 317 g/mol. The minimum absolute atomic E-state index is 0.279. The summed E-state index contributed by atoms with van der Waals surface area (Å²) in [5.74, 6) is -0.921. The number of carboxylic acid groups (broad SMARTS) is 1. The molecule has 5 nitrogen and oxygen atoms in total. The van der Waals surface area contributed by atoms with Gasteiger partial charge < -0.3 is 5.11 Å². The van der Waals surface area contributed by atoms with Gasteiger partial charge in [-0.1, -0.05) is 42.7 Å². The molecule has 1 saturated carbocycles. The van der Waals surface area contributed by atoms with Crippen LogP contribution >= 0.6 is 11.3 Å². The van der Waals surface area contributed by atoms with Gasteiger partial charge in [0, 0.05) is 12.6 Å². The first-order valence-corrected chi connectivity index (χ1v) is 8.37. The van der Waals surface area contributed by atoms with Gasteiger partial charge in [-0.15, -0.1) is 0 Å². The lowest BCUT2D eigenvalue weighted by atomic mass is 9.96. The van der Waals surface area contributed by atoms with E-state index in [1.165, 1.54) is 30.6 Å². The van der Waals surface area contributed by atoms with E-state index in [-0.39, 0.29) is 5.56 Å². The van der Waals surface area contributed by atoms with E-state index in [4.69, 9.17) is 10.1 Å². The molecule has 1 aliphatic carbocycles. The Labute approximate surface area is 133 Å². The van der Waals surface area contributed by atoms with Gasteiger partial charge in [0.25, 0.3) is 0 Å². The third-order valence-corrected chi connectivity index (χ3v) is 4.99. The second-order valence-corrected chi connectivity index (χ2v) is 6.58. The Kier molecular flexibility index (Phi) is 4.38. The van der Waals surface area contributed by atoms with E-state index in [0.717, 1.165) is 28.2 Å². The summed E-state index contributed by atoms with van der Waals surface area (Å²) in [6.45, 7) is 0. The van der Waals surface area contributed by atoms with E-state index in [9.17, 15) is 4.79 Å². The lowest BCUT2D eigenvalue weighted by Gasteiger charge is -2.16. The molecule has 116 valence electrons. The molecule has 1 aromatic heterocycles. The zero-order valence-corrected chi connectivity index (χ0v) is 13.3. The van der Waals surface area contributed by atoms with Crippen molar-refractivity contribution in [2.75, 3.05) is 0 Å². The number of aromatic carboxylic acids is 1. The van der Waals surface area contributed by atoms with Crippen molar-refractivity contribution in [2.45, 2.75) is 38.1 Å². The van der Waals surface area contributed by atoms with E-state index in [1.807, 2.05) is 13.1 Å². The van der Waals surface area contributed by atoms with Crippen molar-refractivity contribution in [2.24, 2.45) is 12.0 Å². The van der Waals surface area contributed by atoms with Crippen LogP contribution in [0.4, 0.5) is 0 Å². The molecule has 2 aromatic rings. The molecule has 1 N–H and O–H groups in total. The molecule has 22 heavy (non-hydrogen) atoms. The van der Waals surface area contributed by atoms with E-state index >= 15 is 0 Å². The SMILES string of the molecule is Cn1nc(-c2cccc(C(=O)O)c2)s/c1=N/C1CCCCC1. The van der Waals surface area contributed by atoms with Gasteiger partial charge in [-0.2, -0.15) is 5.10 Å². The van der Waals surface area contributed by atoms with Gasteiger partial charge >= 0.3 is 5.97 Å². The summed E-state index contributed by atoms with van der Waals surface area (Å²) in [5, 5.41) is 14.4. The standard InChI is InChI=1S/C16H19N3O2S/c1-19-16(17-13-8-3-2-4-9-13)22-14(18-19)11-6-5-7-12(10-11)15(20)21/h5-7,10,13H,2-4,8-9H2,1H3,(H,20,21)/b17-16+. The van der Waals surface area contributed by atoms with Crippen LogP contribution in [0.5, 0.6) is 0 Å². The molecule has 6 heteroatoms. The predicted octanol–water partition coefficient (Wildman–Crippen LogP) is 3.08. The van der Waals surface area contributed by atoms with Crippen molar-refractivity contribution in [3.8, 4) is 10.6 Å². The number of rotatable bonds is 3. The lowest BCUT2D eigenvalue weighted by molar-refractivity contribution is 0.0697. The maximum absolute atomic E-state index is 11.1. The number of nitrogens with zero attached hydrogens (tertiary/aromatic N) is 3. The van der Waals surface area contributed by atoms with Crippen LogP contribution < -0.4 is 4.80 Å². The van der Waals surface area contributed by atoms with Crippen LogP contribution in [0, 0.1) is 0 Å². The smallest absolute Gasteiger partial charge is 0.335 e. The summed E-state index contributed by atoms with van der Waals surface area (Å²) in [7, 11) is 1.89. The maximum atomic E-state index is 11.1. The lowest BCUT2D eigenvalue weighted by Crippen LogP contribution is -2.18. The Morgan fingerprint density at radius 3 is 2.86 bits per heavy atom. The maximum Gasteiger partial charge on any atom is 0.335 e. The van der Waals surface area contributed by atoms with E-state index in [1.54, 1.807) is 22.9 Å². The molecule has 1 heterocycles. The largest absolute Gasteiger partial charge is 0.478 e. The number of carbonyl (C=O) groups is 1. The number of aryl methyl sites for hydroxylation is 1. The molecule has 0 bridgehead atoms. The molecule has 0 amide bonds. The van der Waals surface area contributed by atoms with Crippen molar-refractivity contribution < 1.29 is 9.90 Å². The normalized spacial score (nSPS) is 16.9. The molecule has 0 aliphatic heterocycles. The molecule has 1 aliphatic rings. The molecule has 0 unspecified atom stereocenters. The van der Waals surface area contributed by atoms with Gasteiger partial charge in [0.1, 0.15) is 5.01 Å². The summed E-state index contributed by atoms with van der Waals surface area (Å²) in [6, 6.07) is 7.28. The fourth-order valence-corrected chi connectivity index (χ4v) is 3.69. The van der Waals surface area contributed by atoms with Gasteiger partial charge in [-0.05, 0) is 25.0 Å². The summed E-state index contributed by atoms with van der Waals surface area (Å²) >= 11 is 1.52. The molecule has 1 aromatic carbocycles.